The number of hydrogen-bond donors (Lipinski definition) is 1. The Morgan fingerprint density at radius 2 is 1.62 bits per heavy atom. The van der Waals surface area contributed by atoms with E-state index < -0.39 is 0 Å². The highest BCUT2D eigenvalue weighted by atomic mass is 14.9. The van der Waals surface area contributed by atoms with Crippen molar-refractivity contribution < 1.29 is 0 Å². The lowest BCUT2D eigenvalue weighted by atomic mass is 10.0. The van der Waals surface area contributed by atoms with Crippen LogP contribution in [-0.4, -0.2) is 13.1 Å². The van der Waals surface area contributed by atoms with Gasteiger partial charge in [0.1, 0.15) is 0 Å². The predicted molar refractivity (Wildman–Crippen MR) is 72.8 cm³/mol. The van der Waals surface area contributed by atoms with Crippen molar-refractivity contribution in [1.82, 2.24) is 5.32 Å². The lowest BCUT2D eigenvalue weighted by Gasteiger charge is -2.15. The van der Waals surface area contributed by atoms with Crippen molar-refractivity contribution in [2.75, 3.05) is 7.05 Å². The largest absolute Gasteiger partial charge is 0.317 e. The van der Waals surface area contributed by atoms with E-state index >= 15 is 0 Å². The maximum Gasteiger partial charge on any atom is 0.00667 e. The van der Waals surface area contributed by atoms with Gasteiger partial charge in [0.15, 0.2) is 0 Å². The van der Waals surface area contributed by atoms with Crippen LogP contribution in [0.15, 0.2) is 0 Å². The van der Waals surface area contributed by atoms with Crippen LogP contribution in [-0.2, 0) is 0 Å². The smallest absolute Gasteiger partial charge is 0.00667 e. The molecule has 0 aromatic rings. The Morgan fingerprint density at radius 3 is 2.19 bits per heavy atom. The van der Waals surface area contributed by atoms with Crippen molar-refractivity contribution in [3.63, 3.8) is 0 Å². The molecule has 0 aromatic heterocycles. The Balaban J connectivity index is 1.84. The highest BCUT2D eigenvalue weighted by molar-refractivity contribution is 4.79. The molecule has 1 rings (SSSR count). The summed E-state index contributed by atoms with van der Waals surface area (Å²) in [4.78, 5) is 0. The minimum Gasteiger partial charge on any atom is -0.317 e. The summed E-state index contributed by atoms with van der Waals surface area (Å²) >= 11 is 0. The second-order valence-electron chi connectivity index (χ2n) is 5.57. The number of unbranched alkanes of at least 4 members (excludes halogenated alkanes) is 6. The Labute approximate surface area is 102 Å². The second-order valence-corrected chi connectivity index (χ2v) is 5.57. The van der Waals surface area contributed by atoms with E-state index in [1.165, 1.54) is 70.6 Å². The third kappa shape index (κ3) is 7.27. The fourth-order valence-electron chi connectivity index (χ4n) is 2.48. The van der Waals surface area contributed by atoms with Crippen LogP contribution in [0.5, 0.6) is 0 Å². The molecule has 1 atom stereocenters. The number of rotatable bonds is 11. The van der Waals surface area contributed by atoms with Gasteiger partial charge >= 0.3 is 0 Å². The van der Waals surface area contributed by atoms with E-state index in [4.69, 9.17) is 0 Å². The summed E-state index contributed by atoms with van der Waals surface area (Å²) in [6.07, 6.45) is 15.9. The molecule has 0 bridgehead atoms. The van der Waals surface area contributed by atoms with Gasteiger partial charge in [-0.3, -0.25) is 0 Å². The van der Waals surface area contributed by atoms with Gasteiger partial charge in [0.05, 0.1) is 0 Å². The van der Waals surface area contributed by atoms with Gasteiger partial charge in [0, 0.05) is 6.04 Å². The summed E-state index contributed by atoms with van der Waals surface area (Å²) in [6, 6.07) is 0.808. The highest BCUT2D eigenvalue weighted by Gasteiger charge is 2.24. The molecule has 0 amide bonds. The van der Waals surface area contributed by atoms with E-state index in [1.807, 2.05) is 0 Å². The molecule has 0 aliphatic heterocycles. The van der Waals surface area contributed by atoms with Crippen LogP contribution < -0.4 is 5.32 Å². The molecule has 0 heterocycles. The average molecular weight is 225 g/mol. The molecule has 1 N–H and O–H groups in total. The summed E-state index contributed by atoms with van der Waals surface area (Å²) in [5, 5.41) is 3.48. The van der Waals surface area contributed by atoms with Crippen molar-refractivity contribution in [3.8, 4) is 0 Å². The van der Waals surface area contributed by atoms with Crippen molar-refractivity contribution in [2.45, 2.75) is 83.6 Å². The molecule has 96 valence electrons. The van der Waals surface area contributed by atoms with Crippen LogP contribution in [0.4, 0.5) is 0 Å². The predicted octanol–water partition coefficient (Wildman–Crippen LogP) is 4.52. The molecule has 0 radical (unpaired) electrons. The van der Waals surface area contributed by atoms with Crippen molar-refractivity contribution in [1.29, 1.82) is 0 Å². The Morgan fingerprint density at radius 1 is 1.00 bits per heavy atom. The van der Waals surface area contributed by atoms with E-state index in [1.54, 1.807) is 0 Å². The molecule has 1 aliphatic carbocycles. The maximum absolute atomic E-state index is 3.48. The van der Waals surface area contributed by atoms with Gasteiger partial charge in [0.25, 0.3) is 0 Å². The molecule has 16 heavy (non-hydrogen) atoms. The topological polar surface area (TPSA) is 12.0 Å². The normalized spacial score (nSPS) is 17.6. The third-order valence-corrected chi connectivity index (χ3v) is 3.88. The quantitative estimate of drug-likeness (QED) is 0.510. The molecular formula is C15H31N. The summed E-state index contributed by atoms with van der Waals surface area (Å²) in [5.74, 6) is 1.07. The first-order valence-corrected chi connectivity index (χ1v) is 7.54. The molecular weight excluding hydrogens is 194 g/mol. The Kier molecular flexibility index (Phi) is 7.92. The standard InChI is InChI=1S/C15H31N/c1-3-4-5-6-7-8-9-10-15(16-2)13-14-11-12-14/h14-16H,3-13H2,1-2H3. The summed E-state index contributed by atoms with van der Waals surface area (Å²) in [6.45, 7) is 2.29. The van der Waals surface area contributed by atoms with Crippen molar-refractivity contribution >= 4 is 0 Å². The fraction of sp³-hybridized carbons (Fsp3) is 1.00. The number of hydrogen-bond acceptors (Lipinski definition) is 1. The third-order valence-electron chi connectivity index (χ3n) is 3.88. The van der Waals surface area contributed by atoms with Crippen LogP contribution in [0.2, 0.25) is 0 Å². The molecule has 0 spiro atoms. The van der Waals surface area contributed by atoms with Gasteiger partial charge in [-0.15, -0.1) is 0 Å². The lowest BCUT2D eigenvalue weighted by Crippen LogP contribution is -2.25. The van der Waals surface area contributed by atoms with E-state index in [9.17, 15) is 0 Å². The highest BCUT2D eigenvalue weighted by Crippen LogP contribution is 2.34. The van der Waals surface area contributed by atoms with Crippen LogP contribution >= 0.6 is 0 Å². The van der Waals surface area contributed by atoms with Gasteiger partial charge in [0.2, 0.25) is 0 Å². The first-order valence-electron chi connectivity index (χ1n) is 7.54. The van der Waals surface area contributed by atoms with E-state index in [-0.39, 0.29) is 0 Å². The summed E-state index contributed by atoms with van der Waals surface area (Å²) in [5.41, 5.74) is 0. The Bertz CT molecular complexity index is 152. The van der Waals surface area contributed by atoms with Gasteiger partial charge < -0.3 is 5.32 Å². The fourth-order valence-corrected chi connectivity index (χ4v) is 2.48. The lowest BCUT2D eigenvalue weighted by molar-refractivity contribution is 0.438. The molecule has 0 saturated heterocycles. The summed E-state index contributed by atoms with van der Waals surface area (Å²) < 4.78 is 0. The minimum absolute atomic E-state index is 0.808. The van der Waals surface area contributed by atoms with E-state index in [0.717, 1.165) is 12.0 Å². The maximum atomic E-state index is 3.48. The molecule has 1 heteroatoms. The van der Waals surface area contributed by atoms with Crippen molar-refractivity contribution in [3.05, 3.63) is 0 Å². The molecule has 0 aromatic carbocycles. The minimum atomic E-state index is 0.808. The first kappa shape index (κ1) is 14.0. The SMILES string of the molecule is CCCCCCCCCC(CC1CC1)NC. The van der Waals surface area contributed by atoms with Crippen LogP contribution in [0.3, 0.4) is 0 Å². The molecule has 1 saturated carbocycles. The zero-order chi connectivity index (χ0) is 11.6. The first-order chi connectivity index (χ1) is 7.86. The van der Waals surface area contributed by atoms with E-state index in [2.05, 4.69) is 19.3 Å². The van der Waals surface area contributed by atoms with Crippen LogP contribution in [0.25, 0.3) is 0 Å². The van der Waals surface area contributed by atoms with Crippen molar-refractivity contribution in [2.24, 2.45) is 5.92 Å². The Hall–Kier alpha value is -0.0400. The monoisotopic (exact) mass is 225 g/mol. The molecule has 1 fully saturated rings. The summed E-state index contributed by atoms with van der Waals surface area (Å²) in [7, 11) is 2.13. The molecule has 1 nitrogen and oxygen atoms in total. The van der Waals surface area contributed by atoms with Crippen LogP contribution in [0, 0.1) is 5.92 Å². The molecule has 1 aliphatic rings. The average Bonchev–Trinajstić information content (AvgIpc) is 3.10. The zero-order valence-corrected chi connectivity index (χ0v) is 11.4. The van der Waals surface area contributed by atoms with Crippen LogP contribution in [0.1, 0.15) is 77.6 Å². The van der Waals surface area contributed by atoms with Gasteiger partial charge in [-0.05, 0) is 25.8 Å². The van der Waals surface area contributed by atoms with Gasteiger partial charge in [-0.1, -0.05) is 64.7 Å². The van der Waals surface area contributed by atoms with Gasteiger partial charge in [-0.25, -0.2) is 0 Å². The number of nitrogens with one attached hydrogen (secondary N) is 1. The zero-order valence-electron chi connectivity index (χ0n) is 11.4. The van der Waals surface area contributed by atoms with Gasteiger partial charge in [-0.2, -0.15) is 0 Å². The molecule has 1 unspecified atom stereocenters. The van der Waals surface area contributed by atoms with E-state index in [0.29, 0.717) is 0 Å². The second kappa shape index (κ2) is 9.04.